The van der Waals surface area contributed by atoms with Crippen molar-refractivity contribution in [1.82, 2.24) is 20.3 Å². The van der Waals surface area contributed by atoms with Gasteiger partial charge in [0.25, 0.3) is 0 Å². The Morgan fingerprint density at radius 3 is 2.76 bits per heavy atom. The maximum absolute atomic E-state index is 4.47. The Kier molecular flexibility index (Phi) is 3.81. The number of hydrogen-bond donors (Lipinski definition) is 1. The molecule has 1 N–H and O–H groups in total. The predicted octanol–water partition coefficient (Wildman–Crippen LogP) is 2.33. The lowest BCUT2D eigenvalue weighted by Crippen LogP contribution is -2.08. The zero-order valence-electron chi connectivity index (χ0n) is 9.74. The van der Waals surface area contributed by atoms with Gasteiger partial charge in [0.05, 0.1) is 5.69 Å². The first-order valence-electron chi connectivity index (χ1n) is 5.30. The highest BCUT2D eigenvalue weighted by Crippen LogP contribution is 2.16. The van der Waals surface area contributed by atoms with Crippen molar-refractivity contribution in [3.63, 3.8) is 0 Å². The Labute approximate surface area is 109 Å². The van der Waals surface area contributed by atoms with Gasteiger partial charge in [-0.3, -0.25) is 4.98 Å². The average Bonchev–Trinajstić information content (AvgIpc) is 2.29. The Hall–Kier alpha value is -1.33. The van der Waals surface area contributed by atoms with Gasteiger partial charge in [-0.1, -0.05) is 0 Å². The number of halogens is 1. The van der Waals surface area contributed by atoms with E-state index in [4.69, 9.17) is 0 Å². The molecule has 88 valence electrons. The van der Waals surface area contributed by atoms with Gasteiger partial charge in [-0.25, -0.2) is 9.97 Å². The lowest BCUT2D eigenvalue weighted by Gasteiger charge is -2.05. The fourth-order valence-corrected chi connectivity index (χ4v) is 1.76. The van der Waals surface area contributed by atoms with Crippen LogP contribution in [0.5, 0.6) is 0 Å². The highest BCUT2D eigenvalue weighted by Gasteiger charge is 2.05. The molecular formula is C12H13BrN4. The largest absolute Gasteiger partial charge is 0.314 e. The average molecular weight is 293 g/mol. The molecule has 0 saturated carbocycles. The highest BCUT2D eigenvalue weighted by molar-refractivity contribution is 9.10. The van der Waals surface area contributed by atoms with E-state index < -0.39 is 0 Å². The van der Waals surface area contributed by atoms with Crippen molar-refractivity contribution in [3.8, 4) is 11.5 Å². The second-order valence-electron chi connectivity index (χ2n) is 3.72. The standard InChI is InChI=1S/C12H13BrN4/c1-8-5-10(7-14-2)17-12(16-8)11-4-3-9(13)6-15-11/h3-6,14H,7H2,1-2H3. The van der Waals surface area contributed by atoms with Crippen LogP contribution in [0, 0.1) is 6.92 Å². The third kappa shape index (κ3) is 3.08. The molecule has 0 aliphatic heterocycles. The molecular weight excluding hydrogens is 280 g/mol. The Morgan fingerprint density at radius 1 is 1.29 bits per heavy atom. The van der Waals surface area contributed by atoms with Crippen molar-refractivity contribution in [2.75, 3.05) is 7.05 Å². The predicted molar refractivity (Wildman–Crippen MR) is 70.5 cm³/mol. The number of nitrogens with one attached hydrogen (secondary N) is 1. The van der Waals surface area contributed by atoms with E-state index in [-0.39, 0.29) is 0 Å². The first kappa shape index (κ1) is 12.1. The maximum Gasteiger partial charge on any atom is 0.178 e. The minimum atomic E-state index is 0.669. The van der Waals surface area contributed by atoms with E-state index in [9.17, 15) is 0 Å². The summed E-state index contributed by atoms with van der Waals surface area (Å²) < 4.78 is 0.948. The van der Waals surface area contributed by atoms with Crippen molar-refractivity contribution in [2.24, 2.45) is 0 Å². The number of pyridine rings is 1. The molecule has 5 heteroatoms. The molecule has 0 amide bonds. The summed E-state index contributed by atoms with van der Waals surface area (Å²) in [5.41, 5.74) is 2.71. The molecule has 0 atom stereocenters. The lowest BCUT2D eigenvalue weighted by molar-refractivity contribution is 0.784. The first-order valence-corrected chi connectivity index (χ1v) is 6.09. The molecule has 0 aromatic carbocycles. The summed E-state index contributed by atoms with van der Waals surface area (Å²) >= 11 is 3.36. The number of nitrogens with zero attached hydrogens (tertiary/aromatic N) is 3. The fourth-order valence-electron chi connectivity index (χ4n) is 1.53. The Balaban J connectivity index is 2.40. The van der Waals surface area contributed by atoms with Gasteiger partial charge >= 0.3 is 0 Å². The van der Waals surface area contributed by atoms with E-state index in [2.05, 4.69) is 36.2 Å². The van der Waals surface area contributed by atoms with Gasteiger partial charge in [-0.2, -0.15) is 0 Å². The van der Waals surface area contributed by atoms with Crippen molar-refractivity contribution in [1.29, 1.82) is 0 Å². The lowest BCUT2D eigenvalue weighted by atomic mass is 10.3. The summed E-state index contributed by atoms with van der Waals surface area (Å²) in [6.45, 7) is 2.69. The van der Waals surface area contributed by atoms with Crippen molar-refractivity contribution < 1.29 is 0 Å². The molecule has 4 nitrogen and oxygen atoms in total. The van der Waals surface area contributed by atoms with Gasteiger partial charge in [0.15, 0.2) is 5.82 Å². The second-order valence-corrected chi connectivity index (χ2v) is 4.63. The minimum absolute atomic E-state index is 0.669. The van der Waals surface area contributed by atoms with E-state index in [1.54, 1.807) is 6.20 Å². The second kappa shape index (κ2) is 5.33. The molecule has 0 radical (unpaired) electrons. The number of rotatable bonds is 3. The minimum Gasteiger partial charge on any atom is -0.314 e. The third-order valence-electron chi connectivity index (χ3n) is 2.22. The Bertz CT molecular complexity index is 510. The monoisotopic (exact) mass is 292 g/mol. The molecule has 0 saturated heterocycles. The van der Waals surface area contributed by atoms with E-state index in [1.165, 1.54) is 0 Å². The van der Waals surface area contributed by atoms with Crippen molar-refractivity contribution >= 4 is 15.9 Å². The molecule has 2 heterocycles. The number of aromatic nitrogens is 3. The van der Waals surface area contributed by atoms with E-state index in [0.29, 0.717) is 5.82 Å². The number of aryl methyl sites for hydroxylation is 1. The zero-order valence-corrected chi connectivity index (χ0v) is 11.3. The summed E-state index contributed by atoms with van der Waals surface area (Å²) in [4.78, 5) is 13.2. The fraction of sp³-hybridized carbons (Fsp3) is 0.250. The van der Waals surface area contributed by atoms with Crippen molar-refractivity contribution in [2.45, 2.75) is 13.5 Å². The van der Waals surface area contributed by atoms with E-state index in [0.717, 1.165) is 28.1 Å². The van der Waals surface area contributed by atoms with E-state index >= 15 is 0 Å². The van der Waals surface area contributed by atoms with E-state index in [1.807, 2.05) is 32.2 Å². The van der Waals surface area contributed by atoms with Crippen LogP contribution in [-0.2, 0) is 6.54 Å². The molecule has 0 aliphatic carbocycles. The molecule has 0 spiro atoms. The Morgan fingerprint density at radius 2 is 2.12 bits per heavy atom. The maximum atomic E-state index is 4.47. The van der Waals surface area contributed by atoms with Crippen LogP contribution in [0.3, 0.4) is 0 Å². The number of hydrogen-bond acceptors (Lipinski definition) is 4. The van der Waals surface area contributed by atoms with Gasteiger partial charge in [0.1, 0.15) is 5.69 Å². The van der Waals surface area contributed by atoms with Crippen LogP contribution in [0.4, 0.5) is 0 Å². The highest BCUT2D eigenvalue weighted by atomic mass is 79.9. The molecule has 0 bridgehead atoms. The van der Waals surface area contributed by atoms with Crippen LogP contribution in [-0.4, -0.2) is 22.0 Å². The molecule has 0 fully saturated rings. The van der Waals surface area contributed by atoms with Gasteiger partial charge in [-0.15, -0.1) is 0 Å². The quantitative estimate of drug-likeness (QED) is 0.943. The van der Waals surface area contributed by atoms with Crippen LogP contribution in [0.1, 0.15) is 11.4 Å². The third-order valence-corrected chi connectivity index (χ3v) is 2.69. The summed E-state index contributed by atoms with van der Waals surface area (Å²) in [7, 11) is 1.90. The summed E-state index contributed by atoms with van der Waals surface area (Å²) in [6, 6.07) is 5.81. The van der Waals surface area contributed by atoms with Gasteiger partial charge in [0, 0.05) is 22.9 Å². The van der Waals surface area contributed by atoms with Gasteiger partial charge in [-0.05, 0) is 48.1 Å². The molecule has 2 aromatic rings. The topological polar surface area (TPSA) is 50.7 Å². The van der Waals surface area contributed by atoms with Crippen LogP contribution < -0.4 is 5.32 Å². The molecule has 2 aromatic heterocycles. The molecule has 17 heavy (non-hydrogen) atoms. The summed E-state index contributed by atoms with van der Waals surface area (Å²) in [6.07, 6.45) is 1.75. The SMILES string of the molecule is CNCc1cc(C)nc(-c2ccc(Br)cn2)n1. The van der Waals surface area contributed by atoms with Crippen LogP contribution in [0.2, 0.25) is 0 Å². The normalized spacial score (nSPS) is 10.5. The van der Waals surface area contributed by atoms with Gasteiger partial charge < -0.3 is 5.32 Å². The smallest absolute Gasteiger partial charge is 0.178 e. The molecule has 0 aliphatic rings. The zero-order chi connectivity index (χ0) is 12.3. The van der Waals surface area contributed by atoms with Crippen LogP contribution in [0.25, 0.3) is 11.5 Å². The first-order chi connectivity index (χ1) is 8.19. The summed E-state index contributed by atoms with van der Waals surface area (Å²) in [5, 5.41) is 3.08. The van der Waals surface area contributed by atoms with Gasteiger partial charge in [0.2, 0.25) is 0 Å². The summed E-state index contributed by atoms with van der Waals surface area (Å²) in [5.74, 6) is 0.669. The van der Waals surface area contributed by atoms with Crippen LogP contribution in [0.15, 0.2) is 28.9 Å². The molecule has 2 rings (SSSR count). The molecule has 0 unspecified atom stereocenters. The van der Waals surface area contributed by atoms with Crippen LogP contribution >= 0.6 is 15.9 Å². The van der Waals surface area contributed by atoms with Crippen molar-refractivity contribution in [3.05, 3.63) is 40.3 Å².